The largest absolute Gasteiger partial charge is 0.322 e. The van der Waals surface area contributed by atoms with Crippen LogP contribution in [0.1, 0.15) is 15.9 Å². The number of anilines is 2. The molecule has 0 bridgehead atoms. The van der Waals surface area contributed by atoms with Crippen molar-refractivity contribution in [1.82, 2.24) is 0 Å². The summed E-state index contributed by atoms with van der Waals surface area (Å²) in [6, 6.07) is 16.3. The van der Waals surface area contributed by atoms with Crippen LogP contribution in [0.5, 0.6) is 0 Å². The van der Waals surface area contributed by atoms with Crippen LogP contribution in [0.15, 0.2) is 71.6 Å². The fraction of sp³-hybridized carbons (Fsp3) is 0.0500. The molecule has 0 saturated heterocycles. The van der Waals surface area contributed by atoms with Gasteiger partial charge in [-0.3, -0.25) is 9.52 Å². The monoisotopic (exact) mass is 418 g/mol. The molecular formula is C20H16ClFN2O3S. The van der Waals surface area contributed by atoms with Gasteiger partial charge < -0.3 is 5.32 Å². The first-order valence-corrected chi connectivity index (χ1v) is 10.1. The van der Waals surface area contributed by atoms with Crippen LogP contribution in [0.3, 0.4) is 0 Å². The maximum atomic E-state index is 13.3. The number of nitrogens with one attached hydrogen (secondary N) is 2. The maximum Gasteiger partial charge on any atom is 0.261 e. The lowest BCUT2D eigenvalue weighted by atomic mass is 10.1. The van der Waals surface area contributed by atoms with Crippen molar-refractivity contribution >= 4 is 38.9 Å². The van der Waals surface area contributed by atoms with Crippen LogP contribution in [-0.4, -0.2) is 14.3 Å². The SMILES string of the molecule is Cc1ccc(S(=O)(=O)Nc2ccccc2C(=O)Nc2ccc(F)c(Cl)c2)cc1. The van der Waals surface area contributed by atoms with Crippen molar-refractivity contribution in [2.45, 2.75) is 11.8 Å². The van der Waals surface area contributed by atoms with Crippen molar-refractivity contribution in [3.63, 3.8) is 0 Å². The summed E-state index contributed by atoms with van der Waals surface area (Å²) < 4.78 is 41.0. The number of hydrogen-bond acceptors (Lipinski definition) is 3. The van der Waals surface area contributed by atoms with Gasteiger partial charge in [0.05, 0.1) is 21.2 Å². The molecule has 28 heavy (non-hydrogen) atoms. The molecule has 0 fully saturated rings. The van der Waals surface area contributed by atoms with Crippen LogP contribution in [0.4, 0.5) is 15.8 Å². The molecule has 3 aromatic rings. The Kier molecular flexibility index (Phi) is 5.67. The van der Waals surface area contributed by atoms with Gasteiger partial charge in [-0.05, 0) is 49.4 Å². The third-order valence-electron chi connectivity index (χ3n) is 3.92. The van der Waals surface area contributed by atoms with Crippen LogP contribution in [0, 0.1) is 12.7 Å². The normalized spacial score (nSPS) is 11.1. The highest BCUT2D eigenvalue weighted by Crippen LogP contribution is 2.23. The zero-order chi connectivity index (χ0) is 20.3. The predicted octanol–water partition coefficient (Wildman–Crippen LogP) is 4.84. The van der Waals surface area contributed by atoms with E-state index in [0.29, 0.717) is 0 Å². The number of rotatable bonds is 5. The molecule has 1 amide bonds. The molecule has 0 aliphatic rings. The molecule has 0 aromatic heterocycles. The van der Waals surface area contributed by atoms with E-state index in [4.69, 9.17) is 11.6 Å². The molecule has 5 nitrogen and oxygen atoms in total. The smallest absolute Gasteiger partial charge is 0.261 e. The van der Waals surface area contributed by atoms with Crippen LogP contribution in [-0.2, 0) is 10.0 Å². The van der Waals surface area contributed by atoms with Gasteiger partial charge in [-0.15, -0.1) is 0 Å². The predicted molar refractivity (Wildman–Crippen MR) is 108 cm³/mol. The van der Waals surface area contributed by atoms with E-state index in [2.05, 4.69) is 10.0 Å². The van der Waals surface area contributed by atoms with Crippen molar-refractivity contribution in [3.8, 4) is 0 Å². The van der Waals surface area contributed by atoms with E-state index >= 15 is 0 Å². The number of aryl methyl sites for hydroxylation is 1. The molecule has 0 aliphatic heterocycles. The molecule has 0 saturated carbocycles. The molecule has 144 valence electrons. The molecule has 0 heterocycles. The van der Waals surface area contributed by atoms with E-state index in [1.54, 1.807) is 24.3 Å². The highest BCUT2D eigenvalue weighted by atomic mass is 35.5. The van der Waals surface area contributed by atoms with Gasteiger partial charge in [0, 0.05) is 5.69 Å². The number of halogens is 2. The Morgan fingerprint density at radius 1 is 1.00 bits per heavy atom. The molecule has 3 aromatic carbocycles. The molecule has 0 aliphatic carbocycles. The summed E-state index contributed by atoms with van der Waals surface area (Å²) in [5.74, 6) is -1.17. The van der Waals surface area contributed by atoms with Gasteiger partial charge in [-0.25, -0.2) is 12.8 Å². The molecule has 0 atom stereocenters. The van der Waals surface area contributed by atoms with Gasteiger partial charge in [-0.1, -0.05) is 41.4 Å². The zero-order valence-electron chi connectivity index (χ0n) is 14.7. The second-order valence-electron chi connectivity index (χ2n) is 6.05. The van der Waals surface area contributed by atoms with Gasteiger partial charge >= 0.3 is 0 Å². The summed E-state index contributed by atoms with van der Waals surface area (Å²) in [7, 11) is -3.87. The summed E-state index contributed by atoms with van der Waals surface area (Å²) in [6.07, 6.45) is 0. The molecule has 2 N–H and O–H groups in total. The Balaban J connectivity index is 1.87. The number of benzene rings is 3. The number of amides is 1. The first-order valence-electron chi connectivity index (χ1n) is 8.21. The van der Waals surface area contributed by atoms with Crippen molar-refractivity contribution in [2.75, 3.05) is 10.0 Å². The Labute approximate surface area is 167 Å². The van der Waals surface area contributed by atoms with Gasteiger partial charge in [0.1, 0.15) is 5.82 Å². The average Bonchev–Trinajstić information content (AvgIpc) is 2.65. The Bertz CT molecular complexity index is 1130. The number of carbonyl (C=O) groups is 1. The van der Waals surface area contributed by atoms with Crippen molar-refractivity contribution in [1.29, 1.82) is 0 Å². The molecule has 0 spiro atoms. The molecule has 0 radical (unpaired) electrons. The molecular weight excluding hydrogens is 403 g/mol. The fourth-order valence-electron chi connectivity index (χ4n) is 2.46. The summed E-state index contributed by atoms with van der Waals surface area (Å²) in [5, 5.41) is 2.44. The van der Waals surface area contributed by atoms with E-state index in [1.807, 2.05) is 6.92 Å². The number of hydrogen-bond donors (Lipinski definition) is 2. The van der Waals surface area contributed by atoms with Gasteiger partial charge in [0.15, 0.2) is 0 Å². The van der Waals surface area contributed by atoms with E-state index in [9.17, 15) is 17.6 Å². The Morgan fingerprint density at radius 3 is 2.36 bits per heavy atom. The summed E-state index contributed by atoms with van der Waals surface area (Å²) in [5.41, 5.74) is 1.44. The number of carbonyl (C=O) groups excluding carboxylic acids is 1. The average molecular weight is 419 g/mol. The lowest BCUT2D eigenvalue weighted by molar-refractivity contribution is 0.102. The fourth-order valence-corrected chi connectivity index (χ4v) is 3.72. The van der Waals surface area contributed by atoms with E-state index < -0.39 is 21.7 Å². The first kappa shape index (κ1) is 19.9. The van der Waals surface area contributed by atoms with E-state index in [-0.39, 0.29) is 26.9 Å². The topological polar surface area (TPSA) is 75.3 Å². The molecule has 8 heteroatoms. The van der Waals surface area contributed by atoms with Gasteiger partial charge in [0.25, 0.3) is 15.9 Å². The van der Waals surface area contributed by atoms with Crippen LogP contribution < -0.4 is 10.0 Å². The highest BCUT2D eigenvalue weighted by molar-refractivity contribution is 7.92. The zero-order valence-corrected chi connectivity index (χ0v) is 16.3. The highest BCUT2D eigenvalue weighted by Gasteiger charge is 2.19. The minimum Gasteiger partial charge on any atom is -0.322 e. The number of sulfonamides is 1. The van der Waals surface area contributed by atoms with Crippen LogP contribution in [0.2, 0.25) is 5.02 Å². The summed E-state index contributed by atoms with van der Waals surface area (Å²) in [4.78, 5) is 12.7. The van der Waals surface area contributed by atoms with E-state index in [0.717, 1.165) is 11.6 Å². The quantitative estimate of drug-likeness (QED) is 0.622. The minimum atomic E-state index is -3.87. The van der Waals surface area contributed by atoms with Crippen LogP contribution >= 0.6 is 11.6 Å². The third-order valence-corrected chi connectivity index (χ3v) is 5.60. The summed E-state index contributed by atoms with van der Waals surface area (Å²) in [6.45, 7) is 1.85. The van der Waals surface area contributed by atoms with Gasteiger partial charge in [0.2, 0.25) is 0 Å². The van der Waals surface area contributed by atoms with Gasteiger partial charge in [-0.2, -0.15) is 0 Å². The first-order chi connectivity index (χ1) is 13.3. The molecule has 0 unspecified atom stereocenters. The maximum absolute atomic E-state index is 13.3. The van der Waals surface area contributed by atoms with Crippen LogP contribution in [0.25, 0.3) is 0 Å². The van der Waals surface area contributed by atoms with Crippen molar-refractivity contribution in [3.05, 3.63) is 88.7 Å². The second-order valence-corrected chi connectivity index (χ2v) is 8.14. The van der Waals surface area contributed by atoms with E-state index in [1.165, 1.54) is 36.4 Å². The molecule has 3 rings (SSSR count). The lowest BCUT2D eigenvalue weighted by Gasteiger charge is -2.13. The summed E-state index contributed by atoms with van der Waals surface area (Å²) >= 11 is 5.72. The minimum absolute atomic E-state index is 0.0821. The standard InChI is InChI=1S/C20H16ClFN2O3S/c1-13-6-9-15(10-7-13)28(26,27)24-19-5-3-2-4-16(19)20(25)23-14-8-11-18(22)17(21)12-14/h2-12,24H,1H3,(H,23,25). The Hall–Kier alpha value is -2.90. The Morgan fingerprint density at radius 2 is 1.68 bits per heavy atom. The van der Waals surface area contributed by atoms with Crippen molar-refractivity contribution < 1.29 is 17.6 Å². The van der Waals surface area contributed by atoms with Crippen molar-refractivity contribution in [2.24, 2.45) is 0 Å². The second kappa shape index (κ2) is 8.00. The third kappa shape index (κ3) is 4.49. The lowest BCUT2D eigenvalue weighted by Crippen LogP contribution is -2.18. The number of para-hydroxylation sites is 1.